The Bertz CT molecular complexity index is 1130. The van der Waals surface area contributed by atoms with Crippen LogP contribution in [0.1, 0.15) is 42.3 Å². The minimum absolute atomic E-state index is 0.0389. The maximum atomic E-state index is 12.8. The number of aromatic nitrogens is 2. The number of benzene rings is 2. The third-order valence-electron chi connectivity index (χ3n) is 5.58. The molecule has 0 radical (unpaired) electrons. The van der Waals surface area contributed by atoms with E-state index in [0.717, 1.165) is 11.1 Å². The molecule has 158 valence electrons. The van der Waals surface area contributed by atoms with Gasteiger partial charge in [-0.15, -0.1) is 0 Å². The Morgan fingerprint density at radius 1 is 1.16 bits per heavy atom. The second-order valence-corrected chi connectivity index (χ2v) is 7.38. The van der Waals surface area contributed by atoms with Crippen molar-refractivity contribution in [2.45, 2.75) is 25.3 Å². The second kappa shape index (κ2) is 8.48. The Labute approximate surface area is 180 Å². The van der Waals surface area contributed by atoms with Crippen LogP contribution in [0.25, 0.3) is 11.5 Å². The zero-order chi connectivity index (χ0) is 22.0. The number of nitrogens with zero attached hydrogens (tertiary/aromatic N) is 4. The molecule has 1 aliphatic rings. The molecule has 2 aromatic carbocycles. The van der Waals surface area contributed by atoms with Gasteiger partial charge in [0.15, 0.2) is 17.3 Å². The molecule has 0 aliphatic carbocycles. The van der Waals surface area contributed by atoms with Crippen molar-refractivity contribution < 1.29 is 18.8 Å². The quantitative estimate of drug-likeness (QED) is 0.601. The van der Waals surface area contributed by atoms with Crippen LogP contribution in [0.5, 0.6) is 11.5 Å². The summed E-state index contributed by atoms with van der Waals surface area (Å²) >= 11 is 0. The summed E-state index contributed by atoms with van der Waals surface area (Å²) in [6, 6.07) is 14.5. The van der Waals surface area contributed by atoms with E-state index in [0.29, 0.717) is 41.7 Å². The zero-order valence-corrected chi connectivity index (χ0v) is 17.5. The number of hydrogen-bond acceptors (Lipinski definition) is 7. The summed E-state index contributed by atoms with van der Waals surface area (Å²) in [5.41, 5.74) is 2.25. The summed E-state index contributed by atoms with van der Waals surface area (Å²) in [6.07, 6.45) is 0.323. The summed E-state index contributed by atoms with van der Waals surface area (Å²) in [5, 5.41) is 13.0. The van der Waals surface area contributed by atoms with E-state index in [-0.39, 0.29) is 17.9 Å². The minimum atomic E-state index is -0.147. The fourth-order valence-electron chi connectivity index (χ4n) is 3.78. The topological polar surface area (TPSA) is 101 Å². The summed E-state index contributed by atoms with van der Waals surface area (Å²) in [5.74, 6) is 2.04. The van der Waals surface area contributed by atoms with Gasteiger partial charge in [0.2, 0.25) is 5.91 Å². The maximum absolute atomic E-state index is 12.8. The molecule has 1 aromatic heterocycles. The largest absolute Gasteiger partial charge is 0.493 e. The zero-order valence-electron chi connectivity index (χ0n) is 17.5. The molecule has 2 heterocycles. The molecule has 1 fully saturated rings. The number of carbonyl (C=O) groups is 1. The van der Waals surface area contributed by atoms with Gasteiger partial charge in [0.25, 0.3) is 5.89 Å². The number of carbonyl (C=O) groups excluding carboxylic acids is 1. The van der Waals surface area contributed by atoms with E-state index in [2.05, 4.69) is 16.2 Å². The van der Waals surface area contributed by atoms with Crippen LogP contribution in [0.2, 0.25) is 0 Å². The van der Waals surface area contributed by atoms with Gasteiger partial charge in [-0.1, -0.05) is 11.2 Å². The van der Waals surface area contributed by atoms with Crippen LogP contribution in [0.3, 0.4) is 0 Å². The lowest BCUT2D eigenvalue weighted by molar-refractivity contribution is -0.129. The summed E-state index contributed by atoms with van der Waals surface area (Å²) in [6.45, 7) is 2.49. The molecule has 0 saturated carbocycles. The van der Waals surface area contributed by atoms with Crippen LogP contribution in [0.4, 0.5) is 0 Å². The maximum Gasteiger partial charge on any atom is 0.257 e. The van der Waals surface area contributed by atoms with Crippen molar-refractivity contribution in [2.75, 3.05) is 20.8 Å². The molecule has 31 heavy (non-hydrogen) atoms. The number of rotatable bonds is 6. The predicted octanol–water partition coefficient (Wildman–Crippen LogP) is 3.70. The van der Waals surface area contributed by atoms with Gasteiger partial charge in [0, 0.05) is 24.4 Å². The molecule has 2 atom stereocenters. The molecule has 8 nitrogen and oxygen atoms in total. The molecular formula is C23H22N4O4. The number of amides is 1. The predicted molar refractivity (Wildman–Crippen MR) is 111 cm³/mol. The van der Waals surface area contributed by atoms with Crippen LogP contribution in [-0.2, 0) is 4.79 Å². The first-order chi connectivity index (χ1) is 15.0. The third-order valence-corrected chi connectivity index (χ3v) is 5.58. The molecule has 0 bridgehead atoms. The minimum Gasteiger partial charge on any atom is -0.493 e. The standard InChI is InChI=1S/C23H22N4O4/c1-14(17-8-9-19(29-2)20(10-17)30-3)27-13-18(11-21(27)28)22-25-23(31-26-22)16-6-4-15(12-24)5-7-16/h4-10,14,18H,11,13H2,1-3H3. The highest BCUT2D eigenvalue weighted by molar-refractivity contribution is 5.80. The Balaban J connectivity index is 1.50. The van der Waals surface area contributed by atoms with E-state index in [4.69, 9.17) is 19.3 Å². The number of methoxy groups -OCH3 is 2. The first-order valence-electron chi connectivity index (χ1n) is 9.89. The Morgan fingerprint density at radius 2 is 1.90 bits per heavy atom. The van der Waals surface area contributed by atoms with Crippen molar-refractivity contribution in [1.82, 2.24) is 15.0 Å². The van der Waals surface area contributed by atoms with Gasteiger partial charge in [-0.25, -0.2) is 0 Å². The molecule has 1 saturated heterocycles. The number of nitriles is 1. The van der Waals surface area contributed by atoms with E-state index in [1.54, 1.807) is 38.5 Å². The molecule has 8 heteroatoms. The van der Waals surface area contributed by atoms with Crippen molar-refractivity contribution in [2.24, 2.45) is 0 Å². The van der Waals surface area contributed by atoms with Crippen molar-refractivity contribution in [3.8, 4) is 29.0 Å². The van der Waals surface area contributed by atoms with Crippen molar-refractivity contribution in [3.05, 3.63) is 59.4 Å². The lowest BCUT2D eigenvalue weighted by Gasteiger charge is -2.25. The lowest BCUT2D eigenvalue weighted by Crippen LogP contribution is -2.28. The Morgan fingerprint density at radius 3 is 2.58 bits per heavy atom. The fourth-order valence-corrected chi connectivity index (χ4v) is 3.78. The number of ether oxygens (including phenoxy) is 2. The molecule has 1 aliphatic heterocycles. The highest BCUT2D eigenvalue weighted by Crippen LogP contribution is 2.36. The Hall–Kier alpha value is -3.86. The molecule has 3 aromatic rings. The van der Waals surface area contributed by atoms with Gasteiger partial charge in [-0.3, -0.25) is 4.79 Å². The smallest absolute Gasteiger partial charge is 0.257 e. The van der Waals surface area contributed by atoms with Crippen molar-refractivity contribution in [1.29, 1.82) is 5.26 Å². The first kappa shape index (κ1) is 20.4. The van der Waals surface area contributed by atoms with Crippen molar-refractivity contribution in [3.63, 3.8) is 0 Å². The average molecular weight is 418 g/mol. The molecule has 1 amide bonds. The number of likely N-dealkylation sites (tertiary alicyclic amines) is 1. The van der Waals surface area contributed by atoms with E-state index in [9.17, 15) is 4.79 Å². The van der Waals surface area contributed by atoms with Gasteiger partial charge in [0.05, 0.1) is 31.9 Å². The van der Waals surface area contributed by atoms with E-state index >= 15 is 0 Å². The average Bonchev–Trinajstić information content (AvgIpc) is 3.45. The lowest BCUT2D eigenvalue weighted by atomic mass is 10.1. The SMILES string of the molecule is COc1ccc(C(C)N2CC(c3noc(-c4ccc(C#N)cc4)n3)CC2=O)cc1OC. The van der Waals surface area contributed by atoms with Gasteiger partial charge in [-0.05, 0) is 48.9 Å². The van der Waals surface area contributed by atoms with Crippen LogP contribution in [0, 0.1) is 11.3 Å². The summed E-state index contributed by atoms with van der Waals surface area (Å²) in [4.78, 5) is 19.1. The van der Waals surface area contributed by atoms with Crippen LogP contribution in [0.15, 0.2) is 47.0 Å². The number of hydrogen-bond donors (Lipinski definition) is 0. The first-order valence-corrected chi connectivity index (χ1v) is 9.89. The van der Waals surface area contributed by atoms with Gasteiger partial charge < -0.3 is 18.9 Å². The van der Waals surface area contributed by atoms with Gasteiger partial charge in [0.1, 0.15) is 0 Å². The van der Waals surface area contributed by atoms with Crippen LogP contribution in [-0.4, -0.2) is 41.7 Å². The molecule has 0 spiro atoms. The summed E-state index contributed by atoms with van der Waals surface area (Å²) < 4.78 is 16.1. The van der Waals surface area contributed by atoms with Crippen molar-refractivity contribution >= 4 is 5.91 Å². The van der Waals surface area contributed by atoms with Gasteiger partial charge >= 0.3 is 0 Å². The summed E-state index contributed by atoms with van der Waals surface area (Å²) in [7, 11) is 3.18. The van der Waals surface area contributed by atoms with E-state index < -0.39 is 0 Å². The van der Waals surface area contributed by atoms with Gasteiger partial charge in [-0.2, -0.15) is 10.2 Å². The normalized spacial score (nSPS) is 16.8. The fraction of sp³-hybridized carbons (Fsp3) is 0.304. The van der Waals surface area contributed by atoms with E-state index in [1.807, 2.05) is 30.0 Å². The Kier molecular flexibility index (Phi) is 5.58. The highest BCUT2D eigenvalue weighted by atomic mass is 16.5. The molecule has 2 unspecified atom stereocenters. The van der Waals surface area contributed by atoms with E-state index in [1.165, 1.54) is 0 Å². The monoisotopic (exact) mass is 418 g/mol. The second-order valence-electron chi connectivity index (χ2n) is 7.38. The third kappa shape index (κ3) is 3.94. The van der Waals surface area contributed by atoms with Crippen LogP contribution >= 0.6 is 0 Å². The van der Waals surface area contributed by atoms with Crippen LogP contribution < -0.4 is 9.47 Å². The molecular weight excluding hydrogens is 396 g/mol. The molecule has 4 rings (SSSR count). The molecule has 0 N–H and O–H groups in total. The highest BCUT2D eigenvalue weighted by Gasteiger charge is 2.36.